The van der Waals surface area contributed by atoms with E-state index in [1.54, 1.807) is 51.5 Å². The number of benzene rings is 3. The summed E-state index contributed by atoms with van der Waals surface area (Å²) in [5.74, 6) is 0.00379. The topological polar surface area (TPSA) is 112 Å². The van der Waals surface area contributed by atoms with Crippen molar-refractivity contribution in [3.05, 3.63) is 82.9 Å². The molecule has 3 aromatic rings. The third-order valence-electron chi connectivity index (χ3n) is 8.43. The van der Waals surface area contributed by atoms with Crippen LogP contribution in [0, 0.1) is 6.92 Å². The molecule has 0 aliphatic carbocycles. The van der Waals surface area contributed by atoms with Gasteiger partial charge in [0.2, 0.25) is 5.91 Å². The molecule has 0 aromatic heterocycles. The summed E-state index contributed by atoms with van der Waals surface area (Å²) in [6.07, 6.45) is 3.01. The zero-order valence-corrected chi connectivity index (χ0v) is 28.9. The van der Waals surface area contributed by atoms with Gasteiger partial charge in [0, 0.05) is 59.3 Å². The van der Waals surface area contributed by atoms with Gasteiger partial charge < -0.3 is 34.4 Å². The van der Waals surface area contributed by atoms with E-state index in [2.05, 4.69) is 17.3 Å². The van der Waals surface area contributed by atoms with Gasteiger partial charge in [0.15, 0.2) is 0 Å². The highest BCUT2D eigenvalue weighted by molar-refractivity contribution is 6.12. The summed E-state index contributed by atoms with van der Waals surface area (Å²) >= 11 is 0. The van der Waals surface area contributed by atoms with Gasteiger partial charge in [-0.05, 0) is 81.3 Å². The Labute approximate surface area is 283 Å². The van der Waals surface area contributed by atoms with Crippen LogP contribution in [0.25, 0.3) is 0 Å². The van der Waals surface area contributed by atoms with Crippen molar-refractivity contribution in [3.8, 4) is 11.5 Å². The summed E-state index contributed by atoms with van der Waals surface area (Å²) in [5.41, 5.74) is 2.88. The van der Waals surface area contributed by atoms with Crippen LogP contribution < -0.4 is 19.7 Å². The highest BCUT2D eigenvalue weighted by atomic mass is 16.5. The predicted molar refractivity (Wildman–Crippen MR) is 187 cm³/mol. The van der Waals surface area contributed by atoms with Gasteiger partial charge in [0.1, 0.15) is 11.5 Å². The van der Waals surface area contributed by atoms with Crippen LogP contribution in [0.1, 0.15) is 62.3 Å². The monoisotopic (exact) mass is 657 g/mol. The minimum Gasteiger partial charge on any atom is -0.496 e. The van der Waals surface area contributed by atoms with Crippen LogP contribution in [0.15, 0.2) is 60.7 Å². The Kier molecular flexibility index (Phi) is 12.6. The summed E-state index contributed by atoms with van der Waals surface area (Å²) in [7, 11) is 8.47. The summed E-state index contributed by atoms with van der Waals surface area (Å²) in [6, 6.07) is 17.1. The van der Waals surface area contributed by atoms with Crippen molar-refractivity contribution >= 4 is 35.0 Å². The number of hydrogen-bond donors (Lipinski definition) is 1. The number of hydrogen-bond acceptors (Lipinski definition) is 7. The number of rotatable bonds is 13. The largest absolute Gasteiger partial charge is 0.496 e. The maximum atomic E-state index is 13.7. The van der Waals surface area contributed by atoms with E-state index in [-0.39, 0.29) is 29.0 Å². The molecule has 1 aliphatic heterocycles. The predicted octanol–water partition coefficient (Wildman–Crippen LogP) is 4.95. The molecule has 256 valence electrons. The molecule has 0 atom stereocenters. The number of para-hydroxylation sites is 1. The van der Waals surface area contributed by atoms with Crippen molar-refractivity contribution < 1.29 is 28.7 Å². The number of unbranched alkanes of at least 4 members (excludes halogenated alkanes) is 2. The molecule has 1 heterocycles. The average Bonchev–Trinajstić information content (AvgIpc) is 3.08. The molecule has 48 heavy (non-hydrogen) atoms. The van der Waals surface area contributed by atoms with Crippen molar-refractivity contribution in [2.45, 2.75) is 32.6 Å². The maximum Gasteiger partial charge on any atom is 0.259 e. The van der Waals surface area contributed by atoms with Crippen LogP contribution in [-0.2, 0) is 4.79 Å². The second kappa shape index (κ2) is 16.8. The normalized spacial score (nSPS) is 13.1. The van der Waals surface area contributed by atoms with Crippen LogP contribution in [-0.4, -0.2) is 106 Å². The first-order chi connectivity index (χ1) is 23.0. The van der Waals surface area contributed by atoms with Gasteiger partial charge in [-0.15, -0.1) is 0 Å². The van der Waals surface area contributed by atoms with Gasteiger partial charge in [-0.1, -0.05) is 18.2 Å². The smallest absolute Gasteiger partial charge is 0.259 e. The molecule has 0 saturated carbocycles. The molecule has 1 N–H and O–H groups in total. The third-order valence-corrected chi connectivity index (χ3v) is 8.43. The molecule has 1 fully saturated rings. The lowest BCUT2D eigenvalue weighted by Crippen LogP contribution is -2.47. The fraction of sp³-hybridized carbons (Fsp3) is 0.405. The first-order valence-corrected chi connectivity index (χ1v) is 16.3. The molecule has 4 rings (SSSR count). The Hall–Kier alpha value is -4.90. The minimum atomic E-state index is -0.476. The molecular formula is C37H47N5O6. The van der Waals surface area contributed by atoms with Gasteiger partial charge in [-0.3, -0.25) is 19.2 Å². The van der Waals surface area contributed by atoms with Crippen molar-refractivity contribution in [2.24, 2.45) is 0 Å². The Balaban J connectivity index is 1.38. The average molecular weight is 658 g/mol. The van der Waals surface area contributed by atoms with Gasteiger partial charge in [-0.25, -0.2) is 0 Å². The summed E-state index contributed by atoms with van der Waals surface area (Å²) < 4.78 is 11.7. The second-order valence-corrected chi connectivity index (χ2v) is 12.3. The maximum absolute atomic E-state index is 13.7. The Morgan fingerprint density at radius 1 is 0.812 bits per heavy atom. The summed E-state index contributed by atoms with van der Waals surface area (Å²) in [5, 5.41) is 2.80. The number of amides is 4. The number of ether oxygens (including phenoxy) is 2. The van der Waals surface area contributed by atoms with E-state index in [1.165, 1.54) is 29.0 Å². The van der Waals surface area contributed by atoms with Crippen LogP contribution >= 0.6 is 0 Å². The van der Waals surface area contributed by atoms with Crippen molar-refractivity contribution in [1.82, 2.24) is 14.7 Å². The lowest BCUT2D eigenvalue weighted by atomic mass is 10.1. The van der Waals surface area contributed by atoms with Crippen LogP contribution in [0.2, 0.25) is 0 Å². The molecular weight excluding hydrogens is 610 g/mol. The van der Waals surface area contributed by atoms with E-state index in [0.29, 0.717) is 41.3 Å². The quantitative estimate of drug-likeness (QED) is 0.259. The van der Waals surface area contributed by atoms with E-state index < -0.39 is 5.91 Å². The molecule has 0 unspecified atom stereocenters. The SMILES string of the molecule is COc1cc(C(=O)N(C)c2ccc(C)cc2OCCCCCC(=O)N2CCN(C)CC2)ccc1C(=O)Nc1ccccc1C(=O)N(C)C. The van der Waals surface area contributed by atoms with E-state index in [9.17, 15) is 19.2 Å². The number of nitrogens with zero attached hydrogens (tertiary/aromatic N) is 4. The summed E-state index contributed by atoms with van der Waals surface area (Å²) in [6.45, 7) is 5.85. The number of aryl methyl sites for hydroxylation is 1. The van der Waals surface area contributed by atoms with E-state index >= 15 is 0 Å². The Bertz CT molecular complexity index is 1620. The highest BCUT2D eigenvalue weighted by Gasteiger charge is 2.23. The molecule has 11 heteroatoms. The molecule has 0 radical (unpaired) electrons. The van der Waals surface area contributed by atoms with Gasteiger partial charge in [-0.2, -0.15) is 0 Å². The molecule has 11 nitrogen and oxygen atoms in total. The highest BCUT2D eigenvalue weighted by Crippen LogP contribution is 2.31. The van der Waals surface area contributed by atoms with Crippen LogP contribution in [0.5, 0.6) is 11.5 Å². The number of methoxy groups -OCH3 is 1. The first-order valence-electron chi connectivity index (χ1n) is 16.3. The third kappa shape index (κ3) is 9.13. The second-order valence-electron chi connectivity index (χ2n) is 12.3. The van der Waals surface area contributed by atoms with Crippen molar-refractivity contribution in [3.63, 3.8) is 0 Å². The van der Waals surface area contributed by atoms with E-state index in [1.807, 2.05) is 30.0 Å². The molecule has 0 spiro atoms. The summed E-state index contributed by atoms with van der Waals surface area (Å²) in [4.78, 5) is 59.2. The standard InChI is InChI=1S/C37H47N5O6/c1-26-15-18-31(33(24-26)48-23-11-7-8-14-34(43)42-21-19-40(4)20-22-42)41(5)36(45)27-16-17-29(32(25-27)47-6)35(44)38-30-13-10-9-12-28(30)37(46)39(2)3/h9-10,12-13,15-18,24-25H,7-8,11,14,19-23H2,1-6H3,(H,38,44). The van der Waals surface area contributed by atoms with Crippen molar-refractivity contribution in [2.75, 3.05) is 78.3 Å². The van der Waals surface area contributed by atoms with Crippen molar-refractivity contribution in [1.29, 1.82) is 0 Å². The number of anilines is 2. The van der Waals surface area contributed by atoms with Gasteiger partial charge >= 0.3 is 0 Å². The first kappa shape index (κ1) is 35.9. The zero-order chi connectivity index (χ0) is 34.8. The van der Waals surface area contributed by atoms with Crippen LogP contribution in [0.4, 0.5) is 11.4 Å². The van der Waals surface area contributed by atoms with E-state index in [4.69, 9.17) is 9.47 Å². The van der Waals surface area contributed by atoms with Gasteiger partial charge in [0.25, 0.3) is 17.7 Å². The molecule has 1 saturated heterocycles. The van der Waals surface area contributed by atoms with Gasteiger partial charge in [0.05, 0.1) is 36.2 Å². The lowest BCUT2D eigenvalue weighted by molar-refractivity contribution is -0.132. The zero-order valence-electron chi connectivity index (χ0n) is 28.9. The minimum absolute atomic E-state index is 0.216. The number of carbonyl (C=O) groups excluding carboxylic acids is 4. The Morgan fingerprint density at radius 2 is 1.54 bits per heavy atom. The van der Waals surface area contributed by atoms with Crippen LogP contribution in [0.3, 0.4) is 0 Å². The van der Waals surface area contributed by atoms with E-state index in [0.717, 1.165) is 51.0 Å². The number of nitrogens with one attached hydrogen (secondary N) is 1. The Morgan fingerprint density at radius 3 is 2.25 bits per heavy atom. The molecule has 4 amide bonds. The fourth-order valence-corrected chi connectivity index (χ4v) is 5.49. The molecule has 0 bridgehead atoms. The number of likely N-dealkylation sites (N-methyl/N-ethyl adjacent to an activating group) is 1. The lowest BCUT2D eigenvalue weighted by Gasteiger charge is -2.32. The molecule has 3 aromatic carbocycles. The molecule has 1 aliphatic rings. The number of carbonyl (C=O) groups is 4. The fourth-order valence-electron chi connectivity index (χ4n) is 5.49. The number of piperazine rings is 1.